The van der Waals surface area contributed by atoms with Gasteiger partial charge in [0.05, 0.1) is 16.5 Å². The molecule has 1 aromatic carbocycles. The molecule has 21 heavy (non-hydrogen) atoms. The van der Waals surface area contributed by atoms with E-state index in [4.69, 9.17) is 0 Å². The number of hydrogen-bond acceptors (Lipinski definition) is 4. The first-order valence-electron chi connectivity index (χ1n) is 7.19. The van der Waals surface area contributed by atoms with Crippen molar-refractivity contribution >= 4 is 10.8 Å². The molecular weight excluding hydrogens is 282 g/mol. The lowest BCUT2D eigenvalue weighted by atomic mass is 10.1. The first kappa shape index (κ1) is 14.4. The van der Waals surface area contributed by atoms with Crippen LogP contribution < -0.4 is 0 Å². The molecule has 0 amide bonds. The van der Waals surface area contributed by atoms with Gasteiger partial charge in [0.15, 0.2) is 0 Å². The lowest BCUT2D eigenvalue weighted by Crippen LogP contribution is -2.34. The summed E-state index contributed by atoms with van der Waals surface area (Å²) in [5.74, 6) is 1.49. The van der Waals surface area contributed by atoms with Crippen molar-refractivity contribution in [2.45, 2.75) is 24.8 Å². The van der Waals surface area contributed by atoms with Crippen LogP contribution >= 0.6 is 0 Å². The van der Waals surface area contributed by atoms with Crippen LogP contribution in [-0.4, -0.2) is 37.9 Å². The van der Waals surface area contributed by atoms with Gasteiger partial charge in [0.2, 0.25) is 0 Å². The van der Waals surface area contributed by atoms with Crippen molar-refractivity contribution in [2.75, 3.05) is 18.8 Å². The molecule has 3 rings (SSSR count). The van der Waals surface area contributed by atoms with E-state index in [0.29, 0.717) is 5.75 Å². The zero-order valence-electron chi connectivity index (χ0n) is 12.2. The third-order valence-electron chi connectivity index (χ3n) is 3.74. The summed E-state index contributed by atoms with van der Waals surface area (Å²) in [5, 5.41) is 0. The van der Waals surface area contributed by atoms with E-state index < -0.39 is 10.8 Å². The molecule has 0 saturated heterocycles. The summed E-state index contributed by atoms with van der Waals surface area (Å²) in [7, 11) is -0.922. The topological polar surface area (TPSA) is 46.1 Å². The van der Waals surface area contributed by atoms with Crippen molar-refractivity contribution in [1.29, 1.82) is 0 Å². The van der Waals surface area contributed by atoms with Crippen molar-refractivity contribution in [3.8, 4) is 0 Å². The Bertz CT molecular complexity index is 645. The molecule has 5 heteroatoms. The molecule has 1 aliphatic rings. The van der Waals surface area contributed by atoms with E-state index in [2.05, 4.69) is 14.9 Å². The highest BCUT2D eigenvalue weighted by Crippen LogP contribution is 2.16. The molecule has 0 N–H and O–H groups in total. The fourth-order valence-electron chi connectivity index (χ4n) is 2.55. The fourth-order valence-corrected chi connectivity index (χ4v) is 3.67. The zero-order valence-corrected chi connectivity index (χ0v) is 13.0. The summed E-state index contributed by atoms with van der Waals surface area (Å²) in [5.41, 5.74) is 2.38. The van der Waals surface area contributed by atoms with Gasteiger partial charge in [0, 0.05) is 36.5 Å². The normalized spacial score (nSPS) is 16.4. The third kappa shape index (κ3) is 3.54. The summed E-state index contributed by atoms with van der Waals surface area (Å²) in [6, 6.07) is 9.68. The Hall–Kier alpha value is -1.59. The predicted octanol–water partition coefficient (Wildman–Crippen LogP) is 1.95. The average molecular weight is 301 g/mol. The lowest BCUT2D eigenvalue weighted by Gasteiger charge is -2.27. The van der Waals surface area contributed by atoms with E-state index in [9.17, 15) is 4.21 Å². The van der Waals surface area contributed by atoms with E-state index in [1.54, 1.807) is 0 Å². The van der Waals surface area contributed by atoms with Gasteiger partial charge < -0.3 is 0 Å². The number of rotatable bonds is 4. The third-order valence-corrected chi connectivity index (χ3v) is 5.10. The minimum absolute atomic E-state index is 0.670. The Labute approximate surface area is 127 Å². The van der Waals surface area contributed by atoms with Crippen LogP contribution in [0.4, 0.5) is 0 Å². The molecular formula is C16H19N3OS. The molecule has 0 saturated carbocycles. The van der Waals surface area contributed by atoms with Gasteiger partial charge in [0.1, 0.15) is 5.82 Å². The summed E-state index contributed by atoms with van der Waals surface area (Å²) >= 11 is 0. The maximum absolute atomic E-state index is 12.2. The van der Waals surface area contributed by atoms with Gasteiger partial charge in [-0.25, -0.2) is 9.97 Å². The number of hydrogen-bond donors (Lipinski definition) is 0. The second kappa shape index (κ2) is 6.45. The van der Waals surface area contributed by atoms with Crippen LogP contribution in [0.15, 0.2) is 41.4 Å². The molecule has 0 bridgehead atoms. The minimum Gasteiger partial charge on any atom is -0.296 e. The van der Waals surface area contributed by atoms with Crippen LogP contribution in [0.5, 0.6) is 0 Å². The number of fused-ring (bicyclic) bond motifs is 1. The molecule has 1 atom stereocenters. The van der Waals surface area contributed by atoms with Crippen LogP contribution in [0.1, 0.15) is 17.1 Å². The van der Waals surface area contributed by atoms with E-state index in [1.807, 2.05) is 43.5 Å². The van der Waals surface area contributed by atoms with E-state index in [0.717, 1.165) is 42.5 Å². The fraction of sp³-hybridized carbons (Fsp3) is 0.375. The predicted molar refractivity (Wildman–Crippen MR) is 83.5 cm³/mol. The Morgan fingerprint density at radius 2 is 2.10 bits per heavy atom. The second-order valence-corrected chi connectivity index (χ2v) is 6.85. The number of benzene rings is 1. The number of nitrogens with zero attached hydrogens (tertiary/aromatic N) is 3. The van der Waals surface area contributed by atoms with E-state index in [-0.39, 0.29) is 0 Å². The molecule has 0 spiro atoms. The smallest absolute Gasteiger partial charge is 0.125 e. The Balaban J connectivity index is 1.59. The first-order chi connectivity index (χ1) is 10.2. The van der Waals surface area contributed by atoms with Crippen LogP contribution in [0.2, 0.25) is 0 Å². The van der Waals surface area contributed by atoms with E-state index in [1.165, 1.54) is 5.56 Å². The number of aromatic nitrogens is 2. The van der Waals surface area contributed by atoms with E-state index >= 15 is 0 Å². The summed E-state index contributed by atoms with van der Waals surface area (Å²) in [6.07, 6.45) is 2.92. The van der Waals surface area contributed by atoms with Crippen LogP contribution in [0, 0.1) is 6.92 Å². The second-order valence-electron chi connectivity index (χ2n) is 5.28. The monoisotopic (exact) mass is 301 g/mol. The molecule has 0 unspecified atom stereocenters. The first-order valence-corrected chi connectivity index (χ1v) is 8.51. The van der Waals surface area contributed by atoms with Crippen molar-refractivity contribution in [2.24, 2.45) is 0 Å². The van der Waals surface area contributed by atoms with Crippen molar-refractivity contribution in [3.63, 3.8) is 0 Å². The molecule has 0 aliphatic carbocycles. The summed E-state index contributed by atoms with van der Waals surface area (Å²) < 4.78 is 12.2. The maximum atomic E-state index is 12.2. The highest BCUT2D eigenvalue weighted by molar-refractivity contribution is 7.85. The van der Waals surface area contributed by atoms with Crippen LogP contribution in [0.3, 0.4) is 0 Å². The standard InChI is InChI=1S/C16H19N3OS/c1-13-17-11-14-7-8-19(12-16(14)18-13)9-10-21(20)15-5-3-2-4-6-15/h2-6,11H,7-10,12H2,1H3/t21-/m0/s1. The Kier molecular flexibility index (Phi) is 4.41. The van der Waals surface area contributed by atoms with Crippen molar-refractivity contribution < 1.29 is 4.21 Å². The molecule has 1 aromatic heterocycles. The molecule has 0 fully saturated rings. The largest absolute Gasteiger partial charge is 0.296 e. The number of aryl methyl sites for hydroxylation is 1. The quantitative estimate of drug-likeness (QED) is 0.866. The molecule has 0 radical (unpaired) electrons. The minimum atomic E-state index is -0.922. The molecule has 2 aromatic rings. The van der Waals surface area contributed by atoms with Gasteiger partial charge >= 0.3 is 0 Å². The van der Waals surface area contributed by atoms with Crippen LogP contribution in [0.25, 0.3) is 0 Å². The average Bonchev–Trinajstić information content (AvgIpc) is 2.53. The van der Waals surface area contributed by atoms with Crippen LogP contribution in [-0.2, 0) is 23.8 Å². The Morgan fingerprint density at radius 1 is 1.29 bits per heavy atom. The van der Waals surface area contributed by atoms with Gasteiger partial charge in [-0.05, 0) is 31.0 Å². The van der Waals surface area contributed by atoms with Crippen molar-refractivity contribution in [3.05, 3.63) is 53.6 Å². The molecule has 110 valence electrons. The lowest BCUT2D eigenvalue weighted by molar-refractivity contribution is 0.264. The Morgan fingerprint density at radius 3 is 2.90 bits per heavy atom. The highest BCUT2D eigenvalue weighted by Gasteiger charge is 2.18. The maximum Gasteiger partial charge on any atom is 0.125 e. The van der Waals surface area contributed by atoms with Gasteiger partial charge in [0.25, 0.3) is 0 Å². The summed E-state index contributed by atoms with van der Waals surface area (Å²) in [4.78, 5) is 12.0. The zero-order chi connectivity index (χ0) is 14.7. The summed E-state index contributed by atoms with van der Waals surface area (Å²) in [6.45, 7) is 4.59. The molecule has 2 heterocycles. The van der Waals surface area contributed by atoms with Crippen molar-refractivity contribution in [1.82, 2.24) is 14.9 Å². The molecule has 1 aliphatic heterocycles. The molecule has 4 nitrogen and oxygen atoms in total. The van der Waals surface area contributed by atoms with Gasteiger partial charge in [-0.1, -0.05) is 18.2 Å². The SMILES string of the molecule is Cc1ncc2c(n1)CN(CC[S@](=O)c1ccccc1)CC2. The highest BCUT2D eigenvalue weighted by atomic mass is 32.2. The van der Waals surface area contributed by atoms with Gasteiger partial charge in [-0.15, -0.1) is 0 Å². The van der Waals surface area contributed by atoms with Gasteiger partial charge in [-0.3, -0.25) is 9.11 Å². The van der Waals surface area contributed by atoms with Gasteiger partial charge in [-0.2, -0.15) is 0 Å².